The highest BCUT2D eigenvalue weighted by Crippen LogP contribution is 2.17. The highest BCUT2D eigenvalue weighted by molar-refractivity contribution is 9.10. The molecule has 1 atom stereocenters. The van der Waals surface area contributed by atoms with Gasteiger partial charge in [0.25, 0.3) is 5.91 Å². The summed E-state index contributed by atoms with van der Waals surface area (Å²) in [5.41, 5.74) is 0.247. The molecule has 0 saturated heterocycles. The average molecular weight is 303 g/mol. The number of nitrogens with zero attached hydrogens (tertiary/aromatic N) is 1. The smallest absolute Gasteiger partial charge is 0.268 e. The van der Waals surface area contributed by atoms with Gasteiger partial charge in [-0.1, -0.05) is 6.92 Å². The van der Waals surface area contributed by atoms with Crippen molar-refractivity contribution in [1.82, 2.24) is 9.88 Å². The number of rotatable bonds is 5. The number of aryl methyl sites for hydroxylation is 1. The largest absolute Gasteiger partial charge is 0.396 e. The molecule has 0 aliphatic heterocycles. The van der Waals surface area contributed by atoms with Crippen LogP contribution in [0.5, 0.6) is 0 Å². The Morgan fingerprint density at radius 3 is 2.71 bits per heavy atom. The number of amides is 1. The molecule has 4 nitrogen and oxygen atoms in total. The Bertz CT molecular complexity index is 403. The standard InChI is InChI=1S/C12H19BrN2O2/c1-4-12(2,5-6-16)14-11(17)10-7-9(13)8-15(10)3/h7-8,16H,4-6H2,1-3H3,(H,14,17). The second-order valence-corrected chi connectivity index (χ2v) is 5.41. The predicted octanol–water partition coefficient (Wildman–Crippen LogP) is 2.07. The Kier molecular flexibility index (Phi) is 4.77. The van der Waals surface area contributed by atoms with Crippen LogP contribution in [0.1, 0.15) is 37.2 Å². The first-order valence-electron chi connectivity index (χ1n) is 5.67. The summed E-state index contributed by atoms with van der Waals surface area (Å²) >= 11 is 3.34. The number of hydrogen-bond acceptors (Lipinski definition) is 2. The van der Waals surface area contributed by atoms with E-state index in [0.29, 0.717) is 12.1 Å². The third-order valence-corrected chi connectivity index (χ3v) is 3.50. The van der Waals surface area contributed by atoms with Gasteiger partial charge < -0.3 is 15.0 Å². The lowest BCUT2D eigenvalue weighted by atomic mass is 9.95. The third kappa shape index (κ3) is 3.57. The van der Waals surface area contributed by atoms with Gasteiger partial charge in [0.1, 0.15) is 5.69 Å². The number of halogens is 1. The minimum absolute atomic E-state index is 0.0709. The Labute approximate surface area is 110 Å². The van der Waals surface area contributed by atoms with Crippen molar-refractivity contribution in [3.63, 3.8) is 0 Å². The molecule has 17 heavy (non-hydrogen) atoms. The maximum Gasteiger partial charge on any atom is 0.268 e. The van der Waals surface area contributed by atoms with E-state index in [0.717, 1.165) is 10.9 Å². The van der Waals surface area contributed by atoms with E-state index in [9.17, 15) is 4.79 Å². The highest BCUT2D eigenvalue weighted by Gasteiger charge is 2.25. The zero-order chi connectivity index (χ0) is 13.1. The van der Waals surface area contributed by atoms with Crippen LogP contribution in [-0.4, -0.2) is 27.7 Å². The van der Waals surface area contributed by atoms with Gasteiger partial charge in [-0.05, 0) is 41.8 Å². The molecule has 1 aromatic rings. The zero-order valence-corrected chi connectivity index (χ0v) is 12.0. The minimum atomic E-state index is -0.359. The lowest BCUT2D eigenvalue weighted by Gasteiger charge is -2.29. The minimum Gasteiger partial charge on any atom is -0.396 e. The average Bonchev–Trinajstić information content (AvgIpc) is 2.58. The summed E-state index contributed by atoms with van der Waals surface area (Å²) in [5, 5.41) is 12.0. The van der Waals surface area contributed by atoms with Gasteiger partial charge in [0, 0.05) is 29.9 Å². The van der Waals surface area contributed by atoms with Crippen molar-refractivity contribution < 1.29 is 9.90 Å². The number of nitrogens with one attached hydrogen (secondary N) is 1. The molecule has 1 unspecified atom stereocenters. The van der Waals surface area contributed by atoms with Crippen LogP contribution in [0.3, 0.4) is 0 Å². The fraction of sp³-hybridized carbons (Fsp3) is 0.583. The first-order chi connectivity index (χ1) is 7.91. The van der Waals surface area contributed by atoms with Crippen LogP contribution in [0.15, 0.2) is 16.7 Å². The summed E-state index contributed by atoms with van der Waals surface area (Å²) in [6.07, 6.45) is 3.18. The van der Waals surface area contributed by atoms with Crippen LogP contribution in [-0.2, 0) is 7.05 Å². The van der Waals surface area contributed by atoms with E-state index >= 15 is 0 Å². The number of hydrogen-bond donors (Lipinski definition) is 2. The van der Waals surface area contributed by atoms with Gasteiger partial charge in [0.2, 0.25) is 0 Å². The lowest BCUT2D eigenvalue weighted by Crippen LogP contribution is -2.46. The van der Waals surface area contributed by atoms with Crippen LogP contribution < -0.4 is 5.32 Å². The fourth-order valence-corrected chi connectivity index (χ4v) is 2.19. The molecule has 0 bridgehead atoms. The first kappa shape index (κ1) is 14.3. The topological polar surface area (TPSA) is 54.3 Å². The molecule has 0 aliphatic carbocycles. The van der Waals surface area contributed by atoms with Gasteiger partial charge in [-0.2, -0.15) is 0 Å². The third-order valence-electron chi connectivity index (χ3n) is 3.06. The highest BCUT2D eigenvalue weighted by atomic mass is 79.9. The van der Waals surface area contributed by atoms with E-state index in [2.05, 4.69) is 21.2 Å². The molecule has 5 heteroatoms. The normalized spacial score (nSPS) is 14.4. The molecule has 1 rings (SSSR count). The van der Waals surface area contributed by atoms with Gasteiger partial charge in [-0.3, -0.25) is 4.79 Å². The number of aliphatic hydroxyl groups excluding tert-OH is 1. The molecule has 2 N–H and O–H groups in total. The fourth-order valence-electron chi connectivity index (χ4n) is 1.66. The van der Waals surface area contributed by atoms with Crippen molar-refractivity contribution in [2.24, 2.45) is 7.05 Å². The van der Waals surface area contributed by atoms with Crippen molar-refractivity contribution in [3.05, 3.63) is 22.4 Å². The van der Waals surface area contributed by atoms with Gasteiger partial charge in [-0.25, -0.2) is 0 Å². The molecule has 0 aliphatic rings. The van der Waals surface area contributed by atoms with E-state index in [4.69, 9.17) is 5.11 Å². The molecule has 0 saturated carbocycles. The summed E-state index contributed by atoms with van der Waals surface area (Å²) in [7, 11) is 1.83. The molecule has 0 aromatic carbocycles. The molecule has 0 fully saturated rings. The van der Waals surface area contributed by atoms with E-state index < -0.39 is 0 Å². The summed E-state index contributed by atoms with van der Waals surface area (Å²) in [4.78, 5) is 12.1. The van der Waals surface area contributed by atoms with Crippen molar-refractivity contribution in [3.8, 4) is 0 Å². The van der Waals surface area contributed by atoms with Crippen molar-refractivity contribution >= 4 is 21.8 Å². The van der Waals surface area contributed by atoms with E-state index in [1.165, 1.54) is 0 Å². The molecule has 0 spiro atoms. The van der Waals surface area contributed by atoms with E-state index in [1.54, 1.807) is 10.6 Å². The van der Waals surface area contributed by atoms with Crippen molar-refractivity contribution in [1.29, 1.82) is 0 Å². The number of aliphatic hydroxyl groups is 1. The molecule has 0 radical (unpaired) electrons. The Morgan fingerprint density at radius 2 is 2.29 bits per heavy atom. The maximum absolute atomic E-state index is 12.1. The van der Waals surface area contributed by atoms with Gasteiger partial charge in [0.05, 0.1) is 0 Å². The van der Waals surface area contributed by atoms with E-state index in [-0.39, 0.29) is 18.1 Å². The molecule has 1 amide bonds. The Hall–Kier alpha value is -0.810. The molecular weight excluding hydrogens is 284 g/mol. The summed E-state index contributed by atoms with van der Waals surface area (Å²) in [5.74, 6) is -0.115. The molecular formula is C12H19BrN2O2. The van der Waals surface area contributed by atoms with Gasteiger partial charge in [0.15, 0.2) is 0 Å². The van der Waals surface area contributed by atoms with Gasteiger partial charge in [-0.15, -0.1) is 0 Å². The lowest BCUT2D eigenvalue weighted by molar-refractivity contribution is 0.0878. The molecule has 96 valence electrons. The maximum atomic E-state index is 12.1. The van der Waals surface area contributed by atoms with Crippen molar-refractivity contribution in [2.75, 3.05) is 6.61 Å². The van der Waals surface area contributed by atoms with Crippen LogP contribution in [0.2, 0.25) is 0 Å². The van der Waals surface area contributed by atoms with Gasteiger partial charge >= 0.3 is 0 Å². The summed E-state index contributed by atoms with van der Waals surface area (Å²) in [6.45, 7) is 4.01. The quantitative estimate of drug-likeness (QED) is 0.875. The number of carbonyl (C=O) groups is 1. The molecule has 1 heterocycles. The zero-order valence-electron chi connectivity index (χ0n) is 10.5. The number of aromatic nitrogens is 1. The van der Waals surface area contributed by atoms with Crippen LogP contribution >= 0.6 is 15.9 Å². The predicted molar refractivity (Wildman–Crippen MR) is 71.0 cm³/mol. The Morgan fingerprint density at radius 1 is 1.65 bits per heavy atom. The summed E-state index contributed by atoms with van der Waals surface area (Å²) < 4.78 is 2.65. The Balaban J connectivity index is 2.81. The first-order valence-corrected chi connectivity index (χ1v) is 6.46. The molecule has 1 aromatic heterocycles. The number of carbonyl (C=O) groups excluding carboxylic acids is 1. The van der Waals surface area contributed by atoms with Crippen molar-refractivity contribution in [2.45, 2.75) is 32.2 Å². The van der Waals surface area contributed by atoms with E-state index in [1.807, 2.05) is 27.1 Å². The van der Waals surface area contributed by atoms with Crippen LogP contribution in [0.25, 0.3) is 0 Å². The van der Waals surface area contributed by atoms with Crippen LogP contribution in [0, 0.1) is 0 Å². The monoisotopic (exact) mass is 302 g/mol. The second-order valence-electron chi connectivity index (χ2n) is 4.50. The summed E-state index contributed by atoms with van der Waals surface area (Å²) in [6, 6.07) is 1.78. The second kappa shape index (κ2) is 5.69. The SMILES string of the molecule is CCC(C)(CCO)NC(=O)c1cc(Br)cn1C. The van der Waals surface area contributed by atoms with Crippen LogP contribution in [0.4, 0.5) is 0 Å².